The molecule has 7 heteroatoms. The van der Waals surface area contributed by atoms with Crippen molar-refractivity contribution in [2.75, 3.05) is 32.6 Å². The molecule has 0 spiro atoms. The molecule has 0 bridgehead atoms. The van der Waals surface area contributed by atoms with E-state index in [4.69, 9.17) is 14.0 Å². The van der Waals surface area contributed by atoms with Gasteiger partial charge in [0.15, 0.2) is 5.76 Å². The van der Waals surface area contributed by atoms with E-state index < -0.39 is 0 Å². The zero-order chi connectivity index (χ0) is 19.9. The summed E-state index contributed by atoms with van der Waals surface area (Å²) in [7, 11) is 3.19. The van der Waals surface area contributed by atoms with Gasteiger partial charge in [-0.3, -0.25) is 9.69 Å². The van der Waals surface area contributed by atoms with Crippen LogP contribution in [-0.2, 0) is 11.3 Å². The van der Waals surface area contributed by atoms with Gasteiger partial charge in [-0.15, -0.1) is 0 Å². The normalized spacial score (nSPS) is 17.3. The minimum atomic E-state index is 0.0123. The Labute approximate surface area is 166 Å². The quantitative estimate of drug-likeness (QED) is 0.745. The highest BCUT2D eigenvalue weighted by molar-refractivity contribution is 5.91. The van der Waals surface area contributed by atoms with Crippen LogP contribution in [0.3, 0.4) is 0 Å². The maximum Gasteiger partial charge on any atom is 0.224 e. The SMILES string of the molecule is COc1cc(NC(=O)CCC2CCCN(Cc3cc(C)no3)C2)cc(OC)c1. The second-order valence-corrected chi connectivity index (χ2v) is 7.37. The molecule has 0 aliphatic carbocycles. The van der Waals surface area contributed by atoms with Crippen molar-refractivity contribution in [2.45, 2.75) is 39.2 Å². The number of methoxy groups -OCH3 is 2. The zero-order valence-corrected chi connectivity index (χ0v) is 16.9. The second-order valence-electron chi connectivity index (χ2n) is 7.37. The van der Waals surface area contributed by atoms with E-state index in [0.29, 0.717) is 29.5 Å². The highest BCUT2D eigenvalue weighted by atomic mass is 16.5. The fourth-order valence-electron chi connectivity index (χ4n) is 3.68. The van der Waals surface area contributed by atoms with Crippen molar-refractivity contribution in [2.24, 2.45) is 5.92 Å². The van der Waals surface area contributed by atoms with Crippen molar-refractivity contribution >= 4 is 11.6 Å². The number of anilines is 1. The monoisotopic (exact) mass is 387 g/mol. The lowest BCUT2D eigenvalue weighted by atomic mass is 9.93. The van der Waals surface area contributed by atoms with Crippen molar-refractivity contribution in [1.29, 1.82) is 0 Å². The van der Waals surface area contributed by atoms with Gasteiger partial charge in [-0.05, 0) is 38.6 Å². The topological polar surface area (TPSA) is 76.8 Å². The maximum absolute atomic E-state index is 12.4. The van der Waals surface area contributed by atoms with Gasteiger partial charge in [0, 0.05) is 42.9 Å². The summed E-state index contributed by atoms with van der Waals surface area (Å²) in [6.45, 7) is 4.77. The molecule has 3 rings (SSSR count). The Bertz CT molecular complexity index is 767. The number of carbonyl (C=O) groups excluding carboxylic acids is 1. The molecule has 1 fully saturated rings. The molecule has 152 valence electrons. The first-order chi connectivity index (χ1) is 13.6. The Morgan fingerprint density at radius 2 is 2.00 bits per heavy atom. The van der Waals surface area contributed by atoms with Gasteiger partial charge in [0.2, 0.25) is 5.91 Å². The van der Waals surface area contributed by atoms with Crippen molar-refractivity contribution < 1.29 is 18.8 Å². The predicted octanol–water partition coefficient (Wildman–Crippen LogP) is 3.63. The number of nitrogens with one attached hydrogen (secondary N) is 1. The Kier molecular flexibility index (Phi) is 6.92. The number of likely N-dealkylation sites (tertiary alicyclic amines) is 1. The molecule has 1 aliphatic rings. The molecule has 1 aromatic heterocycles. The minimum Gasteiger partial charge on any atom is -0.497 e. The Morgan fingerprint density at radius 3 is 2.64 bits per heavy atom. The highest BCUT2D eigenvalue weighted by Crippen LogP contribution is 2.27. The molecule has 1 aliphatic heterocycles. The van der Waals surface area contributed by atoms with Crippen LogP contribution in [0.25, 0.3) is 0 Å². The number of amides is 1. The minimum absolute atomic E-state index is 0.0123. The molecular formula is C21H29N3O4. The van der Waals surface area contributed by atoms with Gasteiger partial charge >= 0.3 is 0 Å². The lowest BCUT2D eigenvalue weighted by Gasteiger charge is -2.31. The first-order valence-corrected chi connectivity index (χ1v) is 9.73. The molecule has 1 aromatic carbocycles. The van der Waals surface area contributed by atoms with E-state index in [0.717, 1.165) is 50.4 Å². The molecule has 2 heterocycles. The van der Waals surface area contributed by atoms with Gasteiger partial charge in [0.25, 0.3) is 0 Å². The van der Waals surface area contributed by atoms with Crippen LogP contribution in [0.2, 0.25) is 0 Å². The average molecular weight is 387 g/mol. The number of hydrogen-bond acceptors (Lipinski definition) is 6. The molecule has 0 saturated carbocycles. The van der Waals surface area contributed by atoms with E-state index in [9.17, 15) is 4.79 Å². The summed E-state index contributed by atoms with van der Waals surface area (Å²) >= 11 is 0. The molecular weight excluding hydrogens is 358 g/mol. The summed E-state index contributed by atoms with van der Waals surface area (Å²) in [5, 5.41) is 6.90. The lowest BCUT2D eigenvalue weighted by molar-refractivity contribution is -0.116. The van der Waals surface area contributed by atoms with E-state index in [2.05, 4.69) is 15.4 Å². The van der Waals surface area contributed by atoms with E-state index in [-0.39, 0.29) is 5.91 Å². The molecule has 2 aromatic rings. The first kappa shape index (κ1) is 20.2. The van der Waals surface area contributed by atoms with Crippen LogP contribution in [0.15, 0.2) is 28.8 Å². The third kappa shape index (κ3) is 5.73. The van der Waals surface area contributed by atoms with Crippen LogP contribution in [0, 0.1) is 12.8 Å². The van der Waals surface area contributed by atoms with Gasteiger partial charge in [-0.2, -0.15) is 0 Å². The number of hydrogen-bond donors (Lipinski definition) is 1. The van der Waals surface area contributed by atoms with Crippen LogP contribution < -0.4 is 14.8 Å². The number of carbonyl (C=O) groups is 1. The van der Waals surface area contributed by atoms with Gasteiger partial charge in [-0.1, -0.05) is 5.16 Å². The average Bonchev–Trinajstić information content (AvgIpc) is 3.11. The highest BCUT2D eigenvalue weighted by Gasteiger charge is 2.21. The number of aromatic nitrogens is 1. The summed E-state index contributed by atoms with van der Waals surface area (Å²) in [4.78, 5) is 14.8. The van der Waals surface area contributed by atoms with E-state index in [1.165, 1.54) is 0 Å². The van der Waals surface area contributed by atoms with Gasteiger partial charge in [-0.25, -0.2) is 0 Å². The Hall–Kier alpha value is -2.54. The smallest absolute Gasteiger partial charge is 0.224 e. The molecule has 0 radical (unpaired) electrons. The predicted molar refractivity (Wildman–Crippen MR) is 107 cm³/mol. The van der Waals surface area contributed by atoms with Crippen molar-refractivity contribution in [1.82, 2.24) is 10.1 Å². The molecule has 1 amide bonds. The second kappa shape index (κ2) is 9.59. The first-order valence-electron chi connectivity index (χ1n) is 9.73. The van der Waals surface area contributed by atoms with Crippen molar-refractivity contribution in [3.05, 3.63) is 35.7 Å². The van der Waals surface area contributed by atoms with Crippen LogP contribution in [0.4, 0.5) is 5.69 Å². The van der Waals surface area contributed by atoms with Crippen LogP contribution in [-0.4, -0.2) is 43.3 Å². The lowest BCUT2D eigenvalue weighted by Crippen LogP contribution is -2.35. The fourth-order valence-corrected chi connectivity index (χ4v) is 3.68. The largest absolute Gasteiger partial charge is 0.497 e. The summed E-state index contributed by atoms with van der Waals surface area (Å²) in [5.74, 6) is 2.74. The van der Waals surface area contributed by atoms with Crippen molar-refractivity contribution in [3.63, 3.8) is 0 Å². The Morgan fingerprint density at radius 1 is 1.25 bits per heavy atom. The molecule has 7 nitrogen and oxygen atoms in total. The number of piperidine rings is 1. The van der Waals surface area contributed by atoms with E-state index in [1.54, 1.807) is 32.4 Å². The third-order valence-electron chi connectivity index (χ3n) is 5.07. The van der Waals surface area contributed by atoms with E-state index in [1.807, 2.05) is 13.0 Å². The summed E-state index contributed by atoms with van der Waals surface area (Å²) < 4.78 is 15.8. The number of benzene rings is 1. The summed E-state index contributed by atoms with van der Waals surface area (Å²) in [5.41, 5.74) is 1.60. The molecule has 1 atom stereocenters. The summed E-state index contributed by atoms with van der Waals surface area (Å²) in [6, 6.07) is 7.35. The number of ether oxygens (including phenoxy) is 2. The number of rotatable bonds is 8. The van der Waals surface area contributed by atoms with E-state index >= 15 is 0 Å². The molecule has 28 heavy (non-hydrogen) atoms. The molecule has 1 unspecified atom stereocenters. The summed E-state index contributed by atoms with van der Waals surface area (Å²) in [6.07, 6.45) is 3.68. The standard InChI is InChI=1S/C21H29N3O4/c1-15-9-20(28-23-15)14-24-8-4-5-16(13-24)6-7-21(25)22-17-10-18(26-2)12-19(11-17)27-3/h9-12,16H,4-8,13-14H2,1-3H3,(H,22,25). The fraction of sp³-hybridized carbons (Fsp3) is 0.524. The third-order valence-corrected chi connectivity index (χ3v) is 5.07. The number of aryl methyl sites for hydroxylation is 1. The van der Waals surface area contributed by atoms with Gasteiger partial charge in [0.1, 0.15) is 11.5 Å². The van der Waals surface area contributed by atoms with Gasteiger partial charge in [0.05, 0.1) is 26.5 Å². The molecule has 1 N–H and O–H groups in total. The van der Waals surface area contributed by atoms with Crippen LogP contribution in [0.5, 0.6) is 11.5 Å². The zero-order valence-electron chi connectivity index (χ0n) is 16.9. The van der Waals surface area contributed by atoms with Crippen molar-refractivity contribution in [3.8, 4) is 11.5 Å². The number of nitrogens with zero attached hydrogens (tertiary/aromatic N) is 2. The van der Waals surface area contributed by atoms with Crippen LogP contribution in [0.1, 0.15) is 37.1 Å². The Balaban J connectivity index is 1.47. The molecule has 1 saturated heterocycles. The maximum atomic E-state index is 12.4. The van der Waals surface area contributed by atoms with Crippen LogP contribution >= 0.6 is 0 Å². The van der Waals surface area contributed by atoms with Gasteiger partial charge < -0.3 is 19.3 Å².